The number of nitrogens with one attached hydrogen (secondary N) is 3. The second-order valence-electron chi connectivity index (χ2n) is 13.3. The molecule has 0 radical (unpaired) electrons. The molecule has 0 aromatic rings. The molecule has 16 heteroatoms. The fraction of sp³-hybridized carbons (Fsp3) is 0.727. The van der Waals surface area contributed by atoms with Crippen LogP contribution in [0.2, 0.25) is 0 Å². The highest BCUT2D eigenvalue weighted by atomic mass is 32.2. The van der Waals surface area contributed by atoms with Crippen molar-refractivity contribution in [2.75, 3.05) is 25.4 Å². The molecule has 3 aliphatic rings. The SMILES string of the molecule is CC(C)[C@H](NC(=O)CNC(=O)CCCCCSC1CC(=O)N(CC2CCC(C(=O)OC3CC(=O)CCC3=O)CC2)C1=O)C(=O)NCC(N)=O. The predicted molar refractivity (Wildman–Crippen MR) is 177 cm³/mol. The maximum absolute atomic E-state index is 13.0. The minimum Gasteiger partial charge on any atom is -0.454 e. The Morgan fingerprint density at radius 1 is 0.898 bits per heavy atom. The summed E-state index contributed by atoms with van der Waals surface area (Å²) in [7, 11) is 0. The van der Waals surface area contributed by atoms with Gasteiger partial charge in [0.1, 0.15) is 11.8 Å². The summed E-state index contributed by atoms with van der Waals surface area (Å²) < 4.78 is 5.37. The van der Waals surface area contributed by atoms with E-state index in [0.29, 0.717) is 44.4 Å². The first-order valence-electron chi connectivity index (χ1n) is 17.1. The predicted octanol–water partition coefficient (Wildman–Crippen LogP) is 0.306. The maximum Gasteiger partial charge on any atom is 0.309 e. The molecule has 272 valence electrons. The van der Waals surface area contributed by atoms with Crippen molar-refractivity contribution in [1.82, 2.24) is 20.9 Å². The number of hydrogen-bond acceptors (Lipinski definition) is 11. The molecular weight excluding hydrogens is 658 g/mol. The van der Waals surface area contributed by atoms with Crippen LogP contribution in [-0.2, 0) is 47.9 Å². The first kappa shape index (κ1) is 39.6. The smallest absolute Gasteiger partial charge is 0.309 e. The molecule has 1 saturated heterocycles. The topological polar surface area (TPSA) is 228 Å². The van der Waals surface area contributed by atoms with Crippen molar-refractivity contribution >= 4 is 64.7 Å². The van der Waals surface area contributed by atoms with E-state index in [0.717, 1.165) is 12.8 Å². The fourth-order valence-corrected chi connectivity index (χ4v) is 7.29. The standard InChI is InChI=1S/C33H49N5O10S/c1-19(2)30(31(45)36-16-26(34)41)37-28(43)17-35-27(42)6-4-3-5-13-49-25-15-29(44)38(32(25)46)18-20-7-9-21(10-8-20)33(47)48-24-14-22(39)11-12-23(24)40/h19-21,24-25,30H,3-18H2,1-2H3,(H2,34,41)(H,35,42)(H,36,45)(H,37,43)/t20?,21?,24?,25?,30-/m0/s1. The highest BCUT2D eigenvalue weighted by Crippen LogP contribution is 2.33. The average molecular weight is 708 g/mol. The van der Waals surface area contributed by atoms with Gasteiger partial charge in [-0.2, -0.15) is 0 Å². The zero-order valence-corrected chi connectivity index (χ0v) is 29.1. The van der Waals surface area contributed by atoms with Crippen LogP contribution in [0.25, 0.3) is 0 Å². The molecule has 3 rings (SSSR count). The van der Waals surface area contributed by atoms with Crippen molar-refractivity contribution in [3.63, 3.8) is 0 Å². The number of nitrogens with two attached hydrogens (primary N) is 1. The number of likely N-dealkylation sites (tertiary alicyclic amines) is 1. The van der Waals surface area contributed by atoms with E-state index in [1.165, 1.54) is 16.7 Å². The van der Waals surface area contributed by atoms with E-state index in [9.17, 15) is 43.2 Å². The molecule has 2 saturated carbocycles. The van der Waals surface area contributed by atoms with Gasteiger partial charge in [-0.05, 0) is 56.1 Å². The van der Waals surface area contributed by atoms with Gasteiger partial charge in [-0.1, -0.05) is 20.3 Å². The Hall–Kier alpha value is -3.82. The molecule has 5 N–H and O–H groups in total. The molecule has 0 spiro atoms. The molecule has 3 fully saturated rings. The number of primary amides is 1. The third-order valence-corrected chi connectivity index (χ3v) is 10.3. The molecule has 15 nitrogen and oxygen atoms in total. The van der Waals surface area contributed by atoms with Crippen LogP contribution in [0.5, 0.6) is 0 Å². The van der Waals surface area contributed by atoms with Crippen LogP contribution in [0.1, 0.15) is 90.9 Å². The van der Waals surface area contributed by atoms with Crippen LogP contribution in [0, 0.1) is 17.8 Å². The molecule has 0 aromatic heterocycles. The van der Waals surface area contributed by atoms with Crippen LogP contribution in [0.3, 0.4) is 0 Å². The third-order valence-electron chi connectivity index (χ3n) is 9.02. The second kappa shape index (κ2) is 19.4. The molecule has 2 unspecified atom stereocenters. The first-order valence-corrected chi connectivity index (χ1v) is 18.1. The van der Waals surface area contributed by atoms with Crippen LogP contribution < -0.4 is 21.7 Å². The number of amides is 6. The van der Waals surface area contributed by atoms with Crippen molar-refractivity contribution in [2.45, 2.75) is 108 Å². The van der Waals surface area contributed by atoms with Gasteiger partial charge in [0.05, 0.1) is 30.7 Å². The van der Waals surface area contributed by atoms with Crippen LogP contribution >= 0.6 is 11.8 Å². The average Bonchev–Trinajstić information content (AvgIpc) is 3.32. The quantitative estimate of drug-likeness (QED) is 0.0861. The number of unbranched alkanes of at least 4 members (excludes halogenated alkanes) is 2. The summed E-state index contributed by atoms with van der Waals surface area (Å²) in [5.74, 6) is -3.12. The molecule has 6 amide bonds. The summed E-state index contributed by atoms with van der Waals surface area (Å²) in [4.78, 5) is 111. The van der Waals surface area contributed by atoms with E-state index < -0.39 is 41.1 Å². The van der Waals surface area contributed by atoms with Crippen molar-refractivity contribution < 1.29 is 47.9 Å². The lowest BCUT2D eigenvalue weighted by atomic mass is 9.81. The summed E-state index contributed by atoms with van der Waals surface area (Å²) in [6.45, 7) is 3.14. The van der Waals surface area contributed by atoms with E-state index >= 15 is 0 Å². The molecular formula is C33H49N5O10S. The number of esters is 1. The van der Waals surface area contributed by atoms with E-state index in [1.54, 1.807) is 13.8 Å². The molecule has 0 bridgehead atoms. The number of nitrogens with zero attached hydrogens (tertiary/aromatic N) is 1. The number of ketones is 2. The van der Waals surface area contributed by atoms with Gasteiger partial charge in [0, 0.05) is 32.2 Å². The Kier molecular flexibility index (Phi) is 15.7. The monoisotopic (exact) mass is 707 g/mol. The number of rotatable bonds is 18. The number of thioether (sulfide) groups is 1. The summed E-state index contributed by atoms with van der Waals surface area (Å²) in [5, 5.41) is 6.99. The Labute approximate surface area is 290 Å². The van der Waals surface area contributed by atoms with Gasteiger partial charge in [-0.15, -0.1) is 11.8 Å². The Balaban J connectivity index is 1.26. The molecule has 3 atom stereocenters. The van der Waals surface area contributed by atoms with Gasteiger partial charge in [0.2, 0.25) is 35.4 Å². The Morgan fingerprint density at radius 2 is 1.61 bits per heavy atom. The summed E-state index contributed by atoms with van der Waals surface area (Å²) in [5.41, 5.74) is 5.03. The van der Waals surface area contributed by atoms with Gasteiger partial charge in [0.25, 0.3) is 0 Å². The van der Waals surface area contributed by atoms with Crippen LogP contribution in [0.4, 0.5) is 0 Å². The van der Waals surface area contributed by atoms with Crippen molar-refractivity contribution in [1.29, 1.82) is 0 Å². The number of carbonyl (C=O) groups excluding carboxylic acids is 9. The van der Waals surface area contributed by atoms with Gasteiger partial charge in [-0.25, -0.2) is 0 Å². The number of ether oxygens (including phenoxy) is 1. The van der Waals surface area contributed by atoms with Crippen molar-refractivity contribution in [2.24, 2.45) is 23.5 Å². The zero-order valence-electron chi connectivity index (χ0n) is 28.3. The van der Waals surface area contributed by atoms with Crippen LogP contribution in [-0.4, -0.2) is 101 Å². The molecule has 2 aliphatic carbocycles. The maximum atomic E-state index is 13.0. The molecule has 49 heavy (non-hydrogen) atoms. The molecule has 1 aliphatic heterocycles. The summed E-state index contributed by atoms with van der Waals surface area (Å²) in [6.07, 6.45) is 4.05. The lowest BCUT2D eigenvalue weighted by molar-refractivity contribution is -0.163. The lowest BCUT2D eigenvalue weighted by Crippen LogP contribution is -2.53. The highest BCUT2D eigenvalue weighted by molar-refractivity contribution is 8.00. The highest BCUT2D eigenvalue weighted by Gasteiger charge is 2.41. The zero-order chi connectivity index (χ0) is 36.1. The Bertz CT molecular complexity index is 1280. The summed E-state index contributed by atoms with van der Waals surface area (Å²) in [6, 6.07) is -0.885. The third kappa shape index (κ3) is 12.9. The van der Waals surface area contributed by atoms with Gasteiger partial charge < -0.3 is 26.4 Å². The first-order chi connectivity index (χ1) is 23.2. The fourth-order valence-electron chi connectivity index (χ4n) is 6.10. The number of Topliss-reactive ketones (excluding diaryl/α,β-unsaturated/α-hetero) is 2. The minimum absolute atomic E-state index is 0.0516. The van der Waals surface area contributed by atoms with Crippen molar-refractivity contribution in [3.05, 3.63) is 0 Å². The number of imide groups is 1. The van der Waals surface area contributed by atoms with Gasteiger partial charge in [-0.3, -0.25) is 48.1 Å². The summed E-state index contributed by atoms with van der Waals surface area (Å²) >= 11 is 1.43. The Morgan fingerprint density at radius 3 is 2.29 bits per heavy atom. The molecule has 1 heterocycles. The lowest BCUT2D eigenvalue weighted by Gasteiger charge is -2.30. The largest absolute Gasteiger partial charge is 0.454 e. The minimum atomic E-state index is -0.977. The van der Waals surface area contributed by atoms with Gasteiger partial charge >= 0.3 is 5.97 Å². The van der Waals surface area contributed by atoms with E-state index in [2.05, 4.69) is 16.0 Å². The van der Waals surface area contributed by atoms with E-state index in [-0.39, 0.29) is 92.2 Å². The number of carbonyl (C=O) groups is 9. The van der Waals surface area contributed by atoms with E-state index in [1.807, 2.05) is 0 Å². The van der Waals surface area contributed by atoms with Crippen LogP contribution in [0.15, 0.2) is 0 Å². The van der Waals surface area contributed by atoms with E-state index in [4.69, 9.17) is 10.5 Å². The second-order valence-corrected chi connectivity index (χ2v) is 14.6. The van der Waals surface area contributed by atoms with Gasteiger partial charge in [0.15, 0.2) is 11.9 Å². The normalized spacial score (nSPS) is 23.3. The number of hydrogen-bond donors (Lipinski definition) is 4. The van der Waals surface area contributed by atoms with Crippen molar-refractivity contribution in [3.8, 4) is 0 Å². The molecule has 0 aromatic carbocycles.